The van der Waals surface area contributed by atoms with Crippen LogP contribution in [0.4, 0.5) is 5.69 Å². The quantitative estimate of drug-likeness (QED) is 0.215. The van der Waals surface area contributed by atoms with E-state index in [1.807, 2.05) is 24.0 Å². The predicted molar refractivity (Wildman–Crippen MR) is 187 cm³/mol. The van der Waals surface area contributed by atoms with Crippen molar-refractivity contribution in [3.63, 3.8) is 0 Å². The maximum Gasteiger partial charge on any atom is 0.144 e. The molecule has 9 rings (SSSR count). The Labute approximate surface area is 268 Å². The third kappa shape index (κ3) is 3.80. The van der Waals surface area contributed by atoms with Crippen LogP contribution < -0.4 is 5.32 Å². The number of hydrogen-bond acceptors (Lipinski definition) is 3. The van der Waals surface area contributed by atoms with Gasteiger partial charge in [0.1, 0.15) is 6.17 Å². The molecule has 6 aromatic rings. The molecular weight excluding hydrogens is 565 g/mol. The van der Waals surface area contributed by atoms with Crippen LogP contribution in [0.3, 0.4) is 0 Å². The first-order valence-corrected chi connectivity index (χ1v) is 16.5. The standard InChI is InChI=1S/C42H32N2S/c1-41(2)31-12-4-5-13-32(31)42(34-14-6-9-17-38(34)45-39-18-10-7-15-35(39)42)33-24-23-29(25-36(33)41)27-19-21-28(22-20-27)40-43-26-30-11-3-8-16-37(30)44-40/h3-26,40,44H,1-2H3. The van der Waals surface area contributed by atoms with Crippen molar-refractivity contribution in [3.05, 3.63) is 184 Å². The van der Waals surface area contributed by atoms with Crippen LogP contribution in [0.15, 0.2) is 154 Å². The Morgan fingerprint density at radius 1 is 0.556 bits per heavy atom. The highest BCUT2D eigenvalue weighted by Gasteiger charge is 2.52. The molecule has 1 spiro atoms. The van der Waals surface area contributed by atoms with Crippen molar-refractivity contribution >= 4 is 23.7 Å². The second kappa shape index (κ2) is 9.82. The summed E-state index contributed by atoms with van der Waals surface area (Å²) in [5.74, 6) is 0. The maximum absolute atomic E-state index is 4.79. The van der Waals surface area contributed by atoms with Gasteiger partial charge in [-0.2, -0.15) is 0 Å². The molecule has 6 aromatic carbocycles. The fourth-order valence-corrected chi connectivity index (χ4v) is 9.09. The Bertz CT molecular complexity index is 2110. The van der Waals surface area contributed by atoms with E-state index in [0.717, 1.165) is 16.8 Å². The van der Waals surface area contributed by atoms with Gasteiger partial charge in [0.25, 0.3) is 0 Å². The van der Waals surface area contributed by atoms with E-state index in [2.05, 4.69) is 153 Å². The van der Waals surface area contributed by atoms with Gasteiger partial charge in [0.05, 0.1) is 5.41 Å². The van der Waals surface area contributed by atoms with Gasteiger partial charge >= 0.3 is 0 Å². The Morgan fingerprint density at radius 2 is 1.13 bits per heavy atom. The van der Waals surface area contributed by atoms with Gasteiger partial charge in [0, 0.05) is 32.7 Å². The van der Waals surface area contributed by atoms with Crippen LogP contribution >= 0.6 is 11.8 Å². The van der Waals surface area contributed by atoms with Crippen molar-refractivity contribution in [2.75, 3.05) is 5.32 Å². The molecule has 2 nitrogen and oxygen atoms in total. The van der Waals surface area contributed by atoms with Crippen molar-refractivity contribution in [3.8, 4) is 11.1 Å². The summed E-state index contributed by atoms with van der Waals surface area (Å²) in [6.07, 6.45) is 1.89. The molecule has 2 aliphatic heterocycles. The number of anilines is 1. The van der Waals surface area contributed by atoms with Crippen LogP contribution in [0, 0.1) is 0 Å². The van der Waals surface area contributed by atoms with Crippen LogP contribution in [0.5, 0.6) is 0 Å². The van der Waals surface area contributed by atoms with Gasteiger partial charge in [-0.1, -0.05) is 141 Å². The SMILES string of the molecule is CC1(C)c2ccccc2C2(c3ccccc3Sc3ccccc32)c2ccc(-c3ccc(C4N=Cc5ccccc5N4)cc3)cc21. The number of aliphatic imine (C=N–C) groups is 1. The third-order valence-corrected chi connectivity index (χ3v) is 11.2. The lowest BCUT2D eigenvalue weighted by atomic mass is 9.54. The van der Waals surface area contributed by atoms with Crippen molar-refractivity contribution < 1.29 is 0 Å². The molecule has 0 bridgehead atoms. The molecule has 2 heterocycles. The first-order chi connectivity index (χ1) is 22.0. The van der Waals surface area contributed by atoms with E-state index in [9.17, 15) is 0 Å². The lowest BCUT2D eigenvalue weighted by Crippen LogP contribution is -2.43. The minimum Gasteiger partial charge on any atom is -0.360 e. The topological polar surface area (TPSA) is 24.4 Å². The van der Waals surface area contributed by atoms with Gasteiger partial charge in [-0.3, -0.25) is 4.99 Å². The molecule has 216 valence electrons. The predicted octanol–water partition coefficient (Wildman–Crippen LogP) is 10.4. The lowest BCUT2D eigenvalue weighted by Gasteiger charge is -2.50. The highest BCUT2D eigenvalue weighted by atomic mass is 32.2. The van der Waals surface area contributed by atoms with E-state index < -0.39 is 0 Å². The second-order valence-electron chi connectivity index (χ2n) is 12.8. The molecule has 0 aromatic heterocycles. The molecule has 3 aliphatic rings. The van der Waals surface area contributed by atoms with E-state index in [1.165, 1.54) is 54.3 Å². The highest BCUT2D eigenvalue weighted by Crippen LogP contribution is 2.61. The van der Waals surface area contributed by atoms with Crippen molar-refractivity contribution in [1.29, 1.82) is 0 Å². The number of benzene rings is 6. The first kappa shape index (κ1) is 26.5. The summed E-state index contributed by atoms with van der Waals surface area (Å²) in [5.41, 5.74) is 13.6. The number of nitrogens with zero attached hydrogens (tertiary/aromatic N) is 1. The summed E-state index contributed by atoms with van der Waals surface area (Å²) in [4.78, 5) is 7.45. The van der Waals surface area contributed by atoms with E-state index in [0.29, 0.717) is 0 Å². The van der Waals surface area contributed by atoms with Crippen LogP contribution in [0.1, 0.15) is 64.5 Å². The Hall–Kier alpha value is -4.86. The number of hydrogen-bond donors (Lipinski definition) is 1. The van der Waals surface area contributed by atoms with E-state index >= 15 is 0 Å². The van der Waals surface area contributed by atoms with Gasteiger partial charge in [0.2, 0.25) is 0 Å². The first-order valence-electron chi connectivity index (χ1n) is 15.7. The molecule has 3 heteroatoms. The van der Waals surface area contributed by atoms with Crippen molar-refractivity contribution in [2.24, 2.45) is 4.99 Å². The van der Waals surface area contributed by atoms with E-state index in [1.54, 1.807) is 0 Å². The average molecular weight is 597 g/mol. The molecule has 0 saturated heterocycles. The van der Waals surface area contributed by atoms with Gasteiger partial charge in [-0.15, -0.1) is 0 Å². The summed E-state index contributed by atoms with van der Waals surface area (Å²) in [5, 5.41) is 3.58. The summed E-state index contributed by atoms with van der Waals surface area (Å²) in [7, 11) is 0. The minimum absolute atomic E-state index is 0.0860. The molecule has 0 radical (unpaired) electrons. The van der Waals surface area contributed by atoms with Gasteiger partial charge < -0.3 is 5.32 Å². The highest BCUT2D eigenvalue weighted by molar-refractivity contribution is 7.99. The molecule has 1 unspecified atom stereocenters. The third-order valence-electron chi connectivity index (χ3n) is 10.1. The Kier molecular flexibility index (Phi) is 5.79. The van der Waals surface area contributed by atoms with Gasteiger partial charge in [-0.05, 0) is 74.3 Å². The van der Waals surface area contributed by atoms with Gasteiger partial charge in [0.15, 0.2) is 0 Å². The van der Waals surface area contributed by atoms with Crippen LogP contribution in [-0.2, 0) is 10.8 Å². The number of para-hydroxylation sites is 1. The second-order valence-corrected chi connectivity index (χ2v) is 13.9. The largest absolute Gasteiger partial charge is 0.360 e. The summed E-state index contributed by atoms with van der Waals surface area (Å²) >= 11 is 1.89. The fraction of sp³-hybridized carbons (Fsp3) is 0.119. The zero-order chi connectivity index (χ0) is 30.2. The summed E-state index contributed by atoms with van der Waals surface area (Å²) < 4.78 is 0. The van der Waals surface area contributed by atoms with E-state index in [4.69, 9.17) is 4.99 Å². The Balaban J connectivity index is 1.21. The number of rotatable bonds is 2. The Morgan fingerprint density at radius 3 is 1.87 bits per heavy atom. The van der Waals surface area contributed by atoms with Crippen LogP contribution in [0.25, 0.3) is 11.1 Å². The zero-order valence-corrected chi connectivity index (χ0v) is 26.1. The van der Waals surface area contributed by atoms with Crippen molar-refractivity contribution in [1.82, 2.24) is 0 Å². The van der Waals surface area contributed by atoms with E-state index in [-0.39, 0.29) is 17.0 Å². The molecule has 0 saturated carbocycles. The lowest BCUT2D eigenvalue weighted by molar-refractivity contribution is 0.549. The molecule has 0 fully saturated rings. The van der Waals surface area contributed by atoms with Crippen molar-refractivity contribution in [2.45, 2.75) is 40.6 Å². The number of nitrogens with one attached hydrogen (secondary N) is 1. The normalized spacial score (nSPS) is 17.7. The number of fused-ring (bicyclic) bond motifs is 9. The van der Waals surface area contributed by atoms with Gasteiger partial charge in [-0.25, -0.2) is 0 Å². The average Bonchev–Trinajstić information content (AvgIpc) is 3.10. The summed E-state index contributed by atoms with van der Waals surface area (Å²) in [6, 6.07) is 51.6. The zero-order valence-electron chi connectivity index (χ0n) is 25.3. The molecule has 1 N–H and O–H groups in total. The molecule has 1 atom stereocenters. The molecule has 1 aliphatic carbocycles. The summed E-state index contributed by atoms with van der Waals surface area (Å²) in [6.45, 7) is 4.79. The molecule has 0 amide bonds. The fourth-order valence-electron chi connectivity index (χ4n) is 7.90. The minimum atomic E-state index is -0.386. The smallest absolute Gasteiger partial charge is 0.144 e. The maximum atomic E-state index is 4.79. The van der Waals surface area contributed by atoms with Crippen LogP contribution in [-0.4, -0.2) is 6.21 Å². The monoisotopic (exact) mass is 596 g/mol. The van der Waals surface area contributed by atoms with Crippen LogP contribution in [0.2, 0.25) is 0 Å². The molecular formula is C42H32N2S. The molecule has 45 heavy (non-hydrogen) atoms.